The van der Waals surface area contributed by atoms with Gasteiger partial charge in [-0.15, -0.1) is 0 Å². The molecule has 0 saturated heterocycles. The zero-order valence-corrected chi connectivity index (χ0v) is 16.3. The van der Waals surface area contributed by atoms with Crippen LogP contribution in [0.1, 0.15) is 25.0 Å². The number of para-hydroxylation sites is 1. The summed E-state index contributed by atoms with van der Waals surface area (Å²) in [6.45, 7) is 7.76. The minimum Gasteiger partial charge on any atom is -0.479 e. The Bertz CT molecular complexity index is 598. The molecule has 0 fully saturated rings. The highest BCUT2D eigenvalue weighted by Crippen LogP contribution is 2.28. The fourth-order valence-corrected chi connectivity index (χ4v) is 3.22. The molecule has 132 valence electrons. The second kappa shape index (κ2) is 9.64. The Morgan fingerprint density at radius 3 is 2.38 bits per heavy atom. The third kappa shape index (κ3) is 5.21. The van der Waals surface area contributed by atoms with Crippen molar-refractivity contribution in [2.24, 2.45) is 0 Å². The number of hydrogen-bond acceptors (Lipinski definition) is 6. The molecular weight excluding hydrogens is 346 g/mol. The molecule has 0 saturated carbocycles. The Hall–Kier alpha value is -1.60. The number of thioether (sulfide) groups is 1. The van der Waals surface area contributed by atoms with Crippen molar-refractivity contribution in [2.75, 3.05) is 24.4 Å². The lowest BCUT2D eigenvalue weighted by Gasteiger charge is -2.30. The molecule has 0 radical (unpaired) electrons. The molecule has 0 spiro atoms. The van der Waals surface area contributed by atoms with Crippen molar-refractivity contribution in [3.05, 3.63) is 29.3 Å². The lowest BCUT2D eigenvalue weighted by atomic mass is 10.1. The largest absolute Gasteiger partial charge is 0.479 e. The van der Waals surface area contributed by atoms with Crippen molar-refractivity contribution < 1.29 is 19.1 Å². The summed E-state index contributed by atoms with van der Waals surface area (Å²) in [4.78, 5) is 26.3. The minimum atomic E-state index is -0.733. The molecular formula is C17H23NO4S2. The van der Waals surface area contributed by atoms with E-state index in [1.54, 1.807) is 6.92 Å². The summed E-state index contributed by atoms with van der Waals surface area (Å²) >= 11 is 6.19. The first kappa shape index (κ1) is 20.4. The van der Waals surface area contributed by atoms with Crippen LogP contribution in [0.2, 0.25) is 0 Å². The van der Waals surface area contributed by atoms with Gasteiger partial charge in [0.25, 0.3) is 0 Å². The van der Waals surface area contributed by atoms with E-state index in [1.165, 1.54) is 12.0 Å². The fraction of sp³-hybridized carbons (Fsp3) is 0.471. The highest BCUT2D eigenvalue weighted by molar-refractivity contribution is 8.23. The van der Waals surface area contributed by atoms with E-state index < -0.39 is 12.0 Å². The molecule has 0 aliphatic carbocycles. The van der Waals surface area contributed by atoms with Gasteiger partial charge in [0.15, 0.2) is 0 Å². The van der Waals surface area contributed by atoms with Crippen molar-refractivity contribution in [1.82, 2.24) is 0 Å². The molecule has 0 aliphatic heterocycles. The Balaban J connectivity index is 3.13. The average molecular weight is 370 g/mol. The summed E-state index contributed by atoms with van der Waals surface area (Å²) in [5.41, 5.74) is 2.55. The van der Waals surface area contributed by atoms with Gasteiger partial charge < -0.3 is 9.47 Å². The van der Waals surface area contributed by atoms with E-state index >= 15 is 0 Å². The number of anilines is 1. The van der Waals surface area contributed by atoms with Gasteiger partial charge in [0, 0.05) is 0 Å². The Morgan fingerprint density at radius 2 is 1.88 bits per heavy atom. The van der Waals surface area contributed by atoms with Crippen LogP contribution in [0.4, 0.5) is 5.69 Å². The van der Waals surface area contributed by atoms with E-state index in [1.807, 2.05) is 39.0 Å². The standard InChI is InChI=1S/C17H23NO4S2/c1-6-22-17(23)24-10-14(19)18(13(4)16(20)21-5)15-11(2)8-7-9-12(15)3/h7-9,13H,6,10H2,1-5H3. The summed E-state index contributed by atoms with van der Waals surface area (Å²) < 4.78 is 10.3. The van der Waals surface area contributed by atoms with Crippen LogP contribution in [0.25, 0.3) is 0 Å². The summed E-state index contributed by atoms with van der Waals surface area (Å²) in [6.07, 6.45) is 0. The summed E-state index contributed by atoms with van der Waals surface area (Å²) in [6, 6.07) is 5.00. The van der Waals surface area contributed by atoms with Gasteiger partial charge in [-0.3, -0.25) is 9.69 Å². The van der Waals surface area contributed by atoms with Gasteiger partial charge in [0.2, 0.25) is 10.3 Å². The molecule has 1 amide bonds. The Morgan fingerprint density at radius 1 is 1.29 bits per heavy atom. The van der Waals surface area contributed by atoms with Crippen molar-refractivity contribution in [3.8, 4) is 0 Å². The average Bonchev–Trinajstić information content (AvgIpc) is 2.55. The van der Waals surface area contributed by atoms with E-state index in [-0.39, 0.29) is 11.7 Å². The van der Waals surface area contributed by atoms with Crippen molar-refractivity contribution in [1.29, 1.82) is 0 Å². The van der Waals surface area contributed by atoms with Gasteiger partial charge in [-0.1, -0.05) is 30.0 Å². The van der Waals surface area contributed by atoms with Crippen LogP contribution in [-0.4, -0.2) is 41.8 Å². The van der Waals surface area contributed by atoms with Gasteiger partial charge in [-0.25, -0.2) is 4.79 Å². The molecule has 0 heterocycles. The molecule has 0 aliphatic rings. The molecule has 1 aromatic rings. The van der Waals surface area contributed by atoms with Crippen LogP contribution < -0.4 is 4.90 Å². The maximum absolute atomic E-state index is 12.8. The first-order valence-electron chi connectivity index (χ1n) is 7.59. The molecule has 0 aromatic heterocycles. The van der Waals surface area contributed by atoms with Crippen LogP contribution in [0.5, 0.6) is 0 Å². The zero-order valence-electron chi connectivity index (χ0n) is 14.6. The quantitative estimate of drug-likeness (QED) is 0.567. The minimum absolute atomic E-state index is 0.0912. The smallest absolute Gasteiger partial charge is 0.328 e. The number of esters is 1. The summed E-state index contributed by atoms with van der Waals surface area (Å²) in [5, 5.41) is 0. The van der Waals surface area contributed by atoms with E-state index in [2.05, 4.69) is 0 Å². The molecule has 0 bridgehead atoms. The highest BCUT2D eigenvalue weighted by Gasteiger charge is 2.30. The molecule has 1 atom stereocenters. The van der Waals surface area contributed by atoms with E-state index in [9.17, 15) is 9.59 Å². The maximum Gasteiger partial charge on any atom is 0.328 e. The number of nitrogens with zero attached hydrogens (tertiary/aromatic N) is 1. The van der Waals surface area contributed by atoms with Gasteiger partial charge in [0.05, 0.1) is 25.2 Å². The van der Waals surface area contributed by atoms with E-state index in [4.69, 9.17) is 21.7 Å². The predicted molar refractivity (Wildman–Crippen MR) is 102 cm³/mol. The maximum atomic E-state index is 12.8. The van der Waals surface area contributed by atoms with E-state index in [0.717, 1.165) is 28.6 Å². The van der Waals surface area contributed by atoms with Gasteiger partial charge >= 0.3 is 5.97 Å². The third-order valence-electron chi connectivity index (χ3n) is 3.45. The number of methoxy groups -OCH3 is 1. The first-order chi connectivity index (χ1) is 11.3. The Kier molecular flexibility index (Phi) is 8.21. The molecule has 1 aromatic carbocycles. The second-order valence-electron chi connectivity index (χ2n) is 5.17. The second-order valence-corrected chi connectivity index (χ2v) is 6.75. The third-order valence-corrected chi connectivity index (χ3v) is 4.67. The molecule has 1 rings (SSSR count). The van der Waals surface area contributed by atoms with Crippen molar-refractivity contribution >= 4 is 45.9 Å². The molecule has 7 heteroatoms. The normalized spacial score (nSPS) is 11.5. The van der Waals surface area contributed by atoms with Crippen LogP contribution in [0, 0.1) is 13.8 Å². The first-order valence-corrected chi connectivity index (χ1v) is 8.98. The number of aryl methyl sites for hydroxylation is 2. The van der Waals surface area contributed by atoms with Crippen LogP contribution in [0.15, 0.2) is 18.2 Å². The fourth-order valence-electron chi connectivity index (χ4n) is 2.35. The number of carbonyl (C=O) groups is 2. The Labute approximate surface area is 152 Å². The predicted octanol–water partition coefficient (Wildman–Crippen LogP) is 3.25. The molecule has 5 nitrogen and oxygen atoms in total. The zero-order chi connectivity index (χ0) is 18.3. The lowest BCUT2D eigenvalue weighted by molar-refractivity contribution is -0.142. The number of rotatable bonds is 6. The van der Waals surface area contributed by atoms with Crippen LogP contribution in [0.3, 0.4) is 0 Å². The number of ether oxygens (including phenoxy) is 2. The van der Waals surface area contributed by atoms with Crippen molar-refractivity contribution in [2.45, 2.75) is 33.7 Å². The van der Waals surface area contributed by atoms with Gasteiger partial charge in [-0.05, 0) is 51.0 Å². The summed E-state index contributed by atoms with van der Waals surface area (Å²) in [5.74, 6) is -0.603. The topological polar surface area (TPSA) is 55.8 Å². The van der Waals surface area contributed by atoms with Gasteiger partial charge in [0.1, 0.15) is 6.04 Å². The monoisotopic (exact) mass is 369 g/mol. The van der Waals surface area contributed by atoms with Crippen LogP contribution >= 0.6 is 24.0 Å². The lowest BCUT2D eigenvalue weighted by Crippen LogP contribution is -2.45. The number of carbonyl (C=O) groups excluding carboxylic acids is 2. The molecule has 1 unspecified atom stereocenters. The summed E-state index contributed by atoms with van der Waals surface area (Å²) in [7, 11) is 1.31. The molecule has 0 N–H and O–H groups in total. The van der Waals surface area contributed by atoms with Crippen LogP contribution in [-0.2, 0) is 19.1 Å². The SMILES string of the molecule is CCOC(=S)SCC(=O)N(c1c(C)cccc1C)C(C)C(=O)OC. The highest BCUT2D eigenvalue weighted by atomic mass is 32.2. The number of amides is 1. The number of hydrogen-bond donors (Lipinski definition) is 0. The van der Waals surface area contributed by atoms with Crippen molar-refractivity contribution in [3.63, 3.8) is 0 Å². The van der Waals surface area contributed by atoms with E-state index in [0.29, 0.717) is 11.0 Å². The number of benzene rings is 1. The van der Waals surface area contributed by atoms with Gasteiger partial charge in [-0.2, -0.15) is 0 Å². The molecule has 24 heavy (non-hydrogen) atoms. The number of thiocarbonyl (C=S) groups is 1.